The molecule has 3 unspecified atom stereocenters. The smallest absolute Gasteiger partial charge is 0.262 e. The molecule has 3 heterocycles. The molecule has 2 saturated heterocycles. The van der Waals surface area contributed by atoms with E-state index in [1.807, 2.05) is 6.07 Å². The van der Waals surface area contributed by atoms with Gasteiger partial charge in [0, 0.05) is 31.6 Å². The van der Waals surface area contributed by atoms with Crippen molar-refractivity contribution in [3.63, 3.8) is 0 Å². The molecule has 1 aliphatic carbocycles. The number of nitrogens with one attached hydrogen (secondary N) is 1. The van der Waals surface area contributed by atoms with Crippen LogP contribution < -0.4 is 11.1 Å². The van der Waals surface area contributed by atoms with Crippen LogP contribution in [0.2, 0.25) is 0 Å². The van der Waals surface area contributed by atoms with Crippen LogP contribution in [-0.4, -0.2) is 58.1 Å². The lowest BCUT2D eigenvalue weighted by atomic mass is 9.92. The number of likely N-dealkylation sites (tertiary alicyclic amines) is 1. The first-order valence-corrected chi connectivity index (χ1v) is 10.2. The number of benzene rings is 1. The third-order valence-corrected chi connectivity index (χ3v) is 6.95. The molecule has 8 heteroatoms. The highest BCUT2D eigenvalue weighted by molar-refractivity contribution is 6.24. The highest BCUT2D eigenvalue weighted by Crippen LogP contribution is 2.40. The Morgan fingerprint density at radius 2 is 1.97 bits per heavy atom. The third kappa shape index (κ3) is 2.81. The molecule has 3 aliphatic heterocycles. The highest BCUT2D eigenvalue weighted by Gasteiger charge is 2.48. The Morgan fingerprint density at radius 3 is 2.72 bits per heavy atom. The lowest BCUT2D eigenvalue weighted by Crippen LogP contribution is -2.54. The number of carbonyl (C=O) groups excluding carboxylic acids is 4. The van der Waals surface area contributed by atoms with Gasteiger partial charge in [0.15, 0.2) is 0 Å². The van der Waals surface area contributed by atoms with Crippen molar-refractivity contribution in [2.24, 2.45) is 11.7 Å². The van der Waals surface area contributed by atoms with E-state index in [9.17, 15) is 19.2 Å². The van der Waals surface area contributed by atoms with Gasteiger partial charge in [-0.2, -0.15) is 0 Å². The third-order valence-electron chi connectivity index (χ3n) is 6.95. The van der Waals surface area contributed by atoms with Gasteiger partial charge in [-0.1, -0.05) is 18.6 Å². The fraction of sp³-hybridized carbons (Fsp3) is 0.524. The summed E-state index contributed by atoms with van der Waals surface area (Å²) < 4.78 is 0. The van der Waals surface area contributed by atoms with Gasteiger partial charge in [-0.15, -0.1) is 0 Å². The zero-order chi connectivity index (χ0) is 20.3. The van der Waals surface area contributed by atoms with Gasteiger partial charge in [0.25, 0.3) is 11.8 Å². The molecule has 0 aromatic heterocycles. The summed E-state index contributed by atoms with van der Waals surface area (Å²) in [5, 5.41) is 2.23. The van der Waals surface area contributed by atoms with Gasteiger partial charge in [-0.25, -0.2) is 0 Å². The molecule has 8 nitrogen and oxygen atoms in total. The SMILES string of the molecule is NC12CCCC1CN(Cc1cccc3c1C(=O)N(C1CCC(=O)NC1=O)C3=O)C2. The molecule has 3 fully saturated rings. The first-order valence-electron chi connectivity index (χ1n) is 10.2. The first kappa shape index (κ1) is 18.4. The summed E-state index contributed by atoms with van der Waals surface area (Å²) in [5.74, 6) is -1.39. The lowest BCUT2D eigenvalue weighted by Gasteiger charge is -2.28. The number of imide groups is 2. The van der Waals surface area contributed by atoms with Gasteiger partial charge in [-0.3, -0.25) is 34.3 Å². The summed E-state index contributed by atoms with van der Waals surface area (Å²) in [6.07, 6.45) is 3.62. The van der Waals surface area contributed by atoms with E-state index in [-0.39, 0.29) is 24.3 Å². The van der Waals surface area contributed by atoms with E-state index in [4.69, 9.17) is 5.73 Å². The molecule has 3 N–H and O–H groups in total. The van der Waals surface area contributed by atoms with Crippen molar-refractivity contribution in [1.29, 1.82) is 0 Å². The van der Waals surface area contributed by atoms with Crippen LogP contribution in [0.15, 0.2) is 18.2 Å². The molecule has 0 bridgehead atoms. The molecule has 152 valence electrons. The van der Waals surface area contributed by atoms with Gasteiger partial charge >= 0.3 is 0 Å². The van der Waals surface area contributed by atoms with Crippen LogP contribution in [0.25, 0.3) is 0 Å². The van der Waals surface area contributed by atoms with E-state index in [0.717, 1.165) is 36.4 Å². The summed E-state index contributed by atoms with van der Waals surface area (Å²) in [6.45, 7) is 2.25. The fourth-order valence-corrected chi connectivity index (χ4v) is 5.52. The molecule has 5 rings (SSSR count). The molecular formula is C21H24N4O4. The normalized spacial score (nSPS) is 32.0. The van der Waals surface area contributed by atoms with Crippen LogP contribution in [0.4, 0.5) is 0 Å². The average molecular weight is 396 g/mol. The van der Waals surface area contributed by atoms with Gasteiger partial charge in [0.05, 0.1) is 11.1 Å². The molecule has 3 atom stereocenters. The van der Waals surface area contributed by atoms with E-state index in [1.165, 1.54) is 6.42 Å². The van der Waals surface area contributed by atoms with Crippen LogP contribution in [-0.2, 0) is 16.1 Å². The van der Waals surface area contributed by atoms with Crippen molar-refractivity contribution in [2.75, 3.05) is 13.1 Å². The standard InChI is InChI=1S/C21H24N4O4/c22-21-8-2-4-13(21)10-24(11-21)9-12-3-1-5-14-17(12)20(29)25(19(14)28)15-6-7-16(26)23-18(15)27/h1,3,5,13,15H,2,4,6-11,22H2,(H,23,26,27). The van der Waals surface area contributed by atoms with Crippen LogP contribution in [0.1, 0.15) is 58.4 Å². The minimum Gasteiger partial charge on any atom is -0.324 e. The second kappa shape index (κ2) is 6.47. The minimum absolute atomic E-state index is 0.115. The van der Waals surface area contributed by atoms with Crippen molar-refractivity contribution in [1.82, 2.24) is 15.1 Å². The monoisotopic (exact) mass is 396 g/mol. The number of piperidine rings is 1. The lowest BCUT2D eigenvalue weighted by molar-refractivity contribution is -0.136. The Balaban J connectivity index is 1.41. The maximum atomic E-state index is 13.2. The zero-order valence-electron chi connectivity index (χ0n) is 16.1. The van der Waals surface area contributed by atoms with Gasteiger partial charge < -0.3 is 5.73 Å². The van der Waals surface area contributed by atoms with Crippen LogP contribution in [0.5, 0.6) is 0 Å². The van der Waals surface area contributed by atoms with Gasteiger partial charge in [0.2, 0.25) is 11.8 Å². The van der Waals surface area contributed by atoms with E-state index < -0.39 is 23.8 Å². The van der Waals surface area contributed by atoms with Crippen LogP contribution in [0.3, 0.4) is 0 Å². The Hall–Kier alpha value is -2.58. The summed E-state index contributed by atoms with van der Waals surface area (Å²) in [4.78, 5) is 53.1. The number of nitrogens with two attached hydrogens (primary N) is 1. The van der Waals surface area contributed by atoms with Crippen molar-refractivity contribution in [3.05, 3.63) is 34.9 Å². The van der Waals surface area contributed by atoms with Gasteiger partial charge in [0.1, 0.15) is 6.04 Å². The largest absolute Gasteiger partial charge is 0.324 e. The maximum Gasteiger partial charge on any atom is 0.262 e. The Morgan fingerprint density at radius 1 is 1.14 bits per heavy atom. The number of hydrogen-bond donors (Lipinski definition) is 2. The number of rotatable bonds is 3. The minimum atomic E-state index is -0.939. The predicted octanol–water partition coefficient (Wildman–Crippen LogP) is 0.401. The van der Waals surface area contributed by atoms with Crippen molar-refractivity contribution < 1.29 is 19.2 Å². The molecule has 1 saturated carbocycles. The summed E-state index contributed by atoms with van der Waals surface area (Å²) >= 11 is 0. The Kier molecular flexibility index (Phi) is 4.11. The molecule has 1 aromatic carbocycles. The molecule has 4 aliphatic rings. The molecule has 29 heavy (non-hydrogen) atoms. The topological polar surface area (TPSA) is 113 Å². The highest BCUT2D eigenvalue weighted by atomic mass is 16.2. The van der Waals surface area contributed by atoms with Crippen molar-refractivity contribution >= 4 is 23.6 Å². The molecular weight excluding hydrogens is 372 g/mol. The molecule has 0 spiro atoms. The number of carbonyl (C=O) groups is 4. The first-order chi connectivity index (χ1) is 13.9. The second-order valence-corrected chi connectivity index (χ2v) is 8.78. The van der Waals surface area contributed by atoms with Crippen LogP contribution >= 0.6 is 0 Å². The average Bonchev–Trinajstić information content (AvgIpc) is 3.25. The van der Waals surface area contributed by atoms with Crippen molar-refractivity contribution in [3.8, 4) is 0 Å². The van der Waals surface area contributed by atoms with E-state index in [2.05, 4.69) is 10.2 Å². The number of amides is 4. The van der Waals surface area contributed by atoms with Crippen LogP contribution in [0, 0.1) is 5.92 Å². The summed E-state index contributed by atoms with van der Waals surface area (Å²) in [7, 11) is 0. The van der Waals surface area contributed by atoms with E-state index in [1.54, 1.807) is 12.1 Å². The van der Waals surface area contributed by atoms with Gasteiger partial charge in [-0.05, 0) is 36.8 Å². The van der Waals surface area contributed by atoms with Crippen molar-refractivity contribution in [2.45, 2.75) is 50.2 Å². The Labute approximate surface area is 168 Å². The summed E-state index contributed by atoms with van der Waals surface area (Å²) in [5.41, 5.74) is 7.93. The number of nitrogens with zero attached hydrogens (tertiary/aromatic N) is 2. The quantitative estimate of drug-likeness (QED) is 0.715. The molecule has 0 radical (unpaired) electrons. The number of hydrogen-bond acceptors (Lipinski definition) is 6. The second-order valence-electron chi connectivity index (χ2n) is 8.78. The maximum absolute atomic E-state index is 13.2. The molecule has 4 amide bonds. The van der Waals surface area contributed by atoms with E-state index in [0.29, 0.717) is 23.6 Å². The Bertz CT molecular complexity index is 945. The molecule has 1 aromatic rings. The summed E-state index contributed by atoms with van der Waals surface area (Å²) in [6, 6.07) is 4.35. The fourth-order valence-electron chi connectivity index (χ4n) is 5.52. The number of fused-ring (bicyclic) bond motifs is 2. The predicted molar refractivity (Wildman–Crippen MR) is 103 cm³/mol. The van der Waals surface area contributed by atoms with E-state index >= 15 is 0 Å². The zero-order valence-corrected chi connectivity index (χ0v) is 16.1.